The van der Waals surface area contributed by atoms with Gasteiger partial charge in [-0.1, -0.05) is 53.7 Å². The maximum Gasteiger partial charge on any atom is 0.0210 e. The van der Waals surface area contributed by atoms with Crippen LogP contribution in [0.2, 0.25) is 0 Å². The van der Waals surface area contributed by atoms with Crippen molar-refractivity contribution in [1.29, 1.82) is 0 Å². The van der Waals surface area contributed by atoms with Crippen molar-refractivity contribution in [2.75, 3.05) is 0 Å². The third-order valence-electron chi connectivity index (χ3n) is 5.29. The zero-order valence-corrected chi connectivity index (χ0v) is 15.0. The summed E-state index contributed by atoms with van der Waals surface area (Å²) in [5.74, 6) is 0. The molecule has 1 aromatic carbocycles. The number of benzene rings is 1. The van der Waals surface area contributed by atoms with Gasteiger partial charge in [0.1, 0.15) is 0 Å². The monoisotopic (exact) mass is 278 g/mol. The normalized spacial score (nSPS) is 21.9. The molecule has 0 aromatic heterocycles. The lowest BCUT2D eigenvalue weighted by Gasteiger charge is -2.56. The van der Waals surface area contributed by atoms with E-state index in [-0.39, 0.29) is 15.6 Å². The fourth-order valence-electron chi connectivity index (χ4n) is 2.99. The van der Waals surface area contributed by atoms with Crippen molar-refractivity contribution in [1.82, 2.24) is 0 Å². The Balaban J connectivity index is 0.000000861. The first-order valence-corrected chi connectivity index (χ1v) is 8.22. The van der Waals surface area contributed by atoms with E-state index in [1.54, 1.807) is 5.56 Å². The van der Waals surface area contributed by atoms with Crippen LogP contribution in [0.15, 0.2) is 23.1 Å². The summed E-state index contributed by atoms with van der Waals surface area (Å²) in [5, 5.41) is 0. The molecule has 108 valence electrons. The van der Waals surface area contributed by atoms with Gasteiger partial charge in [-0.25, -0.2) is 0 Å². The van der Waals surface area contributed by atoms with E-state index in [9.17, 15) is 0 Å². The van der Waals surface area contributed by atoms with Crippen LogP contribution in [0.4, 0.5) is 0 Å². The number of hydrogen-bond acceptors (Lipinski definition) is 1. The standard InChI is InChI=1S/C16H24S.C2H6/c1-11-9-8-10-12-13(11)14(2,3)15(4,5)16(6,7)17-12;1-2/h8-10H,1-7H3;1-2H3. The summed E-state index contributed by atoms with van der Waals surface area (Å²) in [5.41, 5.74) is 3.46. The fraction of sp³-hybridized carbons (Fsp3) is 0.667. The molecule has 0 saturated heterocycles. The molecule has 2 rings (SSSR count). The smallest absolute Gasteiger partial charge is 0.0210 e. The quantitative estimate of drug-likeness (QED) is 0.543. The van der Waals surface area contributed by atoms with Gasteiger partial charge in [-0.05, 0) is 48.8 Å². The average molecular weight is 279 g/mol. The molecular formula is C18H30S. The molecule has 1 heteroatoms. The summed E-state index contributed by atoms with van der Waals surface area (Å²) in [6, 6.07) is 6.72. The number of rotatable bonds is 0. The Morgan fingerprint density at radius 1 is 0.895 bits per heavy atom. The highest BCUT2D eigenvalue weighted by Gasteiger charge is 2.53. The van der Waals surface area contributed by atoms with Gasteiger partial charge in [0.25, 0.3) is 0 Å². The van der Waals surface area contributed by atoms with Gasteiger partial charge < -0.3 is 0 Å². The van der Waals surface area contributed by atoms with Crippen molar-refractivity contribution in [2.45, 2.75) is 77.4 Å². The van der Waals surface area contributed by atoms with Crippen LogP contribution in [-0.4, -0.2) is 4.75 Å². The summed E-state index contributed by atoms with van der Waals surface area (Å²) in [7, 11) is 0. The van der Waals surface area contributed by atoms with Crippen LogP contribution >= 0.6 is 11.8 Å². The van der Waals surface area contributed by atoms with Crippen LogP contribution in [-0.2, 0) is 5.41 Å². The Bertz CT molecular complexity index is 453. The fourth-order valence-corrected chi connectivity index (χ4v) is 4.72. The second-order valence-electron chi connectivity index (χ2n) is 6.81. The second-order valence-corrected chi connectivity index (χ2v) is 8.47. The van der Waals surface area contributed by atoms with E-state index in [0.29, 0.717) is 0 Å². The highest BCUT2D eigenvalue weighted by molar-refractivity contribution is 8.00. The van der Waals surface area contributed by atoms with Crippen LogP contribution in [0, 0.1) is 12.3 Å². The van der Waals surface area contributed by atoms with E-state index in [1.807, 2.05) is 25.6 Å². The molecule has 0 amide bonds. The number of aryl methyl sites for hydroxylation is 1. The van der Waals surface area contributed by atoms with Crippen LogP contribution < -0.4 is 0 Å². The van der Waals surface area contributed by atoms with Crippen LogP contribution in [0.1, 0.15) is 66.5 Å². The predicted molar refractivity (Wildman–Crippen MR) is 89.3 cm³/mol. The van der Waals surface area contributed by atoms with Gasteiger partial charge in [0, 0.05) is 9.64 Å². The van der Waals surface area contributed by atoms with Gasteiger partial charge in [-0.15, -0.1) is 11.8 Å². The molecular weight excluding hydrogens is 248 g/mol. The summed E-state index contributed by atoms with van der Waals surface area (Å²) < 4.78 is 0.261. The largest absolute Gasteiger partial charge is 0.119 e. The van der Waals surface area contributed by atoms with Gasteiger partial charge in [-0.3, -0.25) is 0 Å². The lowest BCUT2D eigenvalue weighted by Crippen LogP contribution is -2.52. The zero-order chi connectivity index (χ0) is 15.1. The second kappa shape index (κ2) is 5.16. The van der Waals surface area contributed by atoms with E-state index in [1.165, 1.54) is 10.5 Å². The van der Waals surface area contributed by atoms with Crippen molar-refractivity contribution in [3.8, 4) is 0 Å². The summed E-state index contributed by atoms with van der Waals surface area (Å²) in [6.45, 7) is 20.6. The SMILES string of the molecule is CC.Cc1cccc2c1C(C)(C)C(C)(C)C(C)(C)S2. The molecule has 0 spiro atoms. The van der Waals surface area contributed by atoms with Crippen LogP contribution in [0.25, 0.3) is 0 Å². The first kappa shape index (κ1) is 16.6. The van der Waals surface area contributed by atoms with E-state index in [2.05, 4.69) is 66.7 Å². The number of fused-ring (bicyclic) bond motifs is 1. The molecule has 0 fully saturated rings. The summed E-state index contributed by atoms with van der Waals surface area (Å²) >= 11 is 2.04. The van der Waals surface area contributed by atoms with E-state index >= 15 is 0 Å². The van der Waals surface area contributed by atoms with E-state index in [0.717, 1.165) is 0 Å². The van der Waals surface area contributed by atoms with Crippen molar-refractivity contribution >= 4 is 11.8 Å². The maximum atomic E-state index is 2.41. The van der Waals surface area contributed by atoms with E-state index in [4.69, 9.17) is 0 Å². The Labute approximate surface area is 124 Å². The van der Waals surface area contributed by atoms with Gasteiger partial charge in [0.05, 0.1) is 0 Å². The molecule has 19 heavy (non-hydrogen) atoms. The minimum atomic E-state index is 0.211. The van der Waals surface area contributed by atoms with Crippen LogP contribution in [0.3, 0.4) is 0 Å². The van der Waals surface area contributed by atoms with E-state index < -0.39 is 0 Å². The number of thioether (sulfide) groups is 1. The Hall–Kier alpha value is -0.430. The zero-order valence-electron chi connectivity index (χ0n) is 14.1. The first-order chi connectivity index (χ1) is 8.61. The van der Waals surface area contributed by atoms with Gasteiger partial charge in [-0.2, -0.15) is 0 Å². The summed E-state index contributed by atoms with van der Waals surface area (Å²) in [6.07, 6.45) is 0. The Kier molecular flexibility index (Phi) is 4.52. The van der Waals surface area contributed by atoms with Crippen molar-refractivity contribution < 1.29 is 0 Å². The predicted octanol–water partition coefficient (Wildman–Crippen LogP) is 6.21. The summed E-state index contributed by atoms with van der Waals surface area (Å²) in [4.78, 5) is 1.47. The van der Waals surface area contributed by atoms with Crippen LogP contribution in [0.5, 0.6) is 0 Å². The third-order valence-corrected chi connectivity index (χ3v) is 6.87. The third kappa shape index (κ3) is 2.35. The molecule has 0 bridgehead atoms. The molecule has 1 aliphatic rings. The molecule has 1 aromatic rings. The van der Waals surface area contributed by atoms with Crippen molar-refractivity contribution in [3.05, 3.63) is 29.3 Å². The minimum Gasteiger partial charge on any atom is -0.119 e. The molecule has 1 aliphatic heterocycles. The first-order valence-electron chi connectivity index (χ1n) is 7.40. The Morgan fingerprint density at radius 3 is 1.95 bits per heavy atom. The minimum absolute atomic E-state index is 0.211. The molecule has 0 atom stereocenters. The molecule has 0 unspecified atom stereocenters. The molecule has 0 saturated carbocycles. The number of hydrogen-bond donors (Lipinski definition) is 0. The lowest BCUT2D eigenvalue weighted by atomic mass is 9.57. The molecule has 0 radical (unpaired) electrons. The molecule has 1 heterocycles. The van der Waals surface area contributed by atoms with Gasteiger partial charge in [0.15, 0.2) is 0 Å². The topological polar surface area (TPSA) is 0 Å². The molecule has 0 N–H and O–H groups in total. The van der Waals surface area contributed by atoms with Crippen molar-refractivity contribution in [3.63, 3.8) is 0 Å². The molecule has 0 aliphatic carbocycles. The molecule has 0 nitrogen and oxygen atoms in total. The highest BCUT2D eigenvalue weighted by Crippen LogP contribution is 2.61. The highest BCUT2D eigenvalue weighted by atomic mass is 32.2. The average Bonchev–Trinajstić information content (AvgIpc) is 2.29. The lowest BCUT2D eigenvalue weighted by molar-refractivity contribution is 0.139. The van der Waals surface area contributed by atoms with Crippen molar-refractivity contribution in [2.24, 2.45) is 5.41 Å². The maximum absolute atomic E-state index is 2.41. The van der Waals surface area contributed by atoms with Gasteiger partial charge in [0.2, 0.25) is 0 Å². The van der Waals surface area contributed by atoms with Gasteiger partial charge >= 0.3 is 0 Å². The Morgan fingerprint density at radius 2 is 1.42 bits per heavy atom.